The lowest BCUT2D eigenvalue weighted by Gasteiger charge is -2.14. The molecule has 5 heteroatoms. The van der Waals surface area contributed by atoms with Crippen LogP contribution in [0.25, 0.3) is 0 Å². The second-order valence-electron chi connectivity index (χ2n) is 5.47. The van der Waals surface area contributed by atoms with E-state index in [-0.39, 0.29) is 11.2 Å². The van der Waals surface area contributed by atoms with Gasteiger partial charge in [0.2, 0.25) is 0 Å². The predicted molar refractivity (Wildman–Crippen MR) is 82.9 cm³/mol. The van der Waals surface area contributed by atoms with Crippen molar-refractivity contribution in [3.8, 4) is 0 Å². The van der Waals surface area contributed by atoms with Crippen LogP contribution in [0.1, 0.15) is 31.7 Å². The summed E-state index contributed by atoms with van der Waals surface area (Å²) in [6.07, 6.45) is 3.08. The molecule has 0 saturated heterocycles. The normalized spacial score (nSPS) is 16.8. The number of hydrogen-bond donors (Lipinski definition) is 2. The Morgan fingerprint density at radius 3 is 2.71 bits per heavy atom. The first-order valence-electron chi connectivity index (χ1n) is 7.54. The highest BCUT2D eigenvalue weighted by Gasteiger charge is 2.44. The molecule has 0 unspecified atom stereocenters. The van der Waals surface area contributed by atoms with Crippen LogP contribution in [0.5, 0.6) is 0 Å². The fraction of sp³-hybridized carbons (Fsp3) is 0.562. The molecule has 1 saturated carbocycles. The first-order valence-corrected chi connectivity index (χ1v) is 7.54. The summed E-state index contributed by atoms with van der Waals surface area (Å²) < 4.78 is 18.2. The van der Waals surface area contributed by atoms with Gasteiger partial charge in [0.15, 0.2) is 5.96 Å². The van der Waals surface area contributed by atoms with Crippen LogP contribution < -0.4 is 11.1 Å². The Hall–Kier alpha value is -1.62. The van der Waals surface area contributed by atoms with Crippen LogP contribution in [0.3, 0.4) is 0 Å². The third-order valence-electron chi connectivity index (χ3n) is 3.84. The zero-order valence-corrected chi connectivity index (χ0v) is 12.6. The fourth-order valence-corrected chi connectivity index (χ4v) is 2.32. The summed E-state index contributed by atoms with van der Waals surface area (Å²) in [5, 5.41) is 3.09. The summed E-state index contributed by atoms with van der Waals surface area (Å²) >= 11 is 0. The Morgan fingerprint density at radius 2 is 2.10 bits per heavy atom. The molecule has 21 heavy (non-hydrogen) atoms. The molecule has 0 amide bonds. The number of benzene rings is 1. The highest BCUT2D eigenvalue weighted by atomic mass is 19.1. The minimum atomic E-state index is -0.200. The maximum absolute atomic E-state index is 13.0. The molecule has 0 radical (unpaired) electrons. The molecule has 1 aliphatic rings. The van der Waals surface area contributed by atoms with E-state index < -0.39 is 0 Å². The number of halogens is 1. The largest absolute Gasteiger partial charge is 0.382 e. The number of nitrogens with one attached hydrogen (secondary N) is 1. The highest BCUT2D eigenvalue weighted by Crippen LogP contribution is 2.48. The number of nitrogens with zero attached hydrogens (tertiary/aromatic N) is 1. The molecule has 116 valence electrons. The number of hydrogen-bond acceptors (Lipinski definition) is 2. The smallest absolute Gasteiger partial charge is 0.188 e. The van der Waals surface area contributed by atoms with Crippen LogP contribution in [0.4, 0.5) is 4.39 Å². The van der Waals surface area contributed by atoms with Gasteiger partial charge in [-0.05, 0) is 43.9 Å². The molecular weight excluding hydrogens is 269 g/mol. The van der Waals surface area contributed by atoms with E-state index in [1.54, 1.807) is 0 Å². The zero-order valence-electron chi connectivity index (χ0n) is 12.6. The van der Waals surface area contributed by atoms with Crippen LogP contribution in [-0.2, 0) is 10.2 Å². The molecule has 0 aromatic heterocycles. The van der Waals surface area contributed by atoms with Gasteiger partial charge in [0.05, 0.1) is 6.54 Å². The summed E-state index contributed by atoms with van der Waals surface area (Å²) in [4.78, 5) is 4.42. The van der Waals surface area contributed by atoms with Gasteiger partial charge in [0.1, 0.15) is 5.82 Å². The van der Waals surface area contributed by atoms with Crippen LogP contribution in [-0.4, -0.2) is 32.3 Å². The molecule has 1 aromatic rings. The average molecular weight is 293 g/mol. The van der Waals surface area contributed by atoms with Crippen LogP contribution in [0, 0.1) is 5.82 Å². The number of guanidine groups is 1. The Morgan fingerprint density at radius 1 is 1.38 bits per heavy atom. The lowest BCUT2D eigenvalue weighted by molar-refractivity contribution is 0.145. The fourth-order valence-electron chi connectivity index (χ4n) is 2.32. The van der Waals surface area contributed by atoms with E-state index in [9.17, 15) is 4.39 Å². The Labute approximate surface area is 125 Å². The van der Waals surface area contributed by atoms with Crippen molar-refractivity contribution in [3.05, 3.63) is 35.6 Å². The first kappa shape index (κ1) is 15.8. The number of ether oxygens (including phenoxy) is 1. The third-order valence-corrected chi connectivity index (χ3v) is 3.84. The van der Waals surface area contributed by atoms with Crippen molar-refractivity contribution in [1.82, 2.24) is 5.32 Å². The van der Waals surface area contributed by atoms with Crippen molar-refractivity contribution in [2.75, 3.05) is 26.3 Å². The van der Waals surface area contributed by atoms with Crippen LogP contribution >= 0.6 is 0 Å². The van der Waals surface area contributed by atoms with Gasteiger partial charge in [-0.1, -0.05) is 12.1 Å². The Bertz CT molecular complexity index is 469. The average Bonchev–Trinajstić information content (AvgIpc) is 3.27. The SMILES string of the molecule is CCOCCCNC(N)=NCC1(c2ccc(F)cc2)CC1. The van der Waals surface area contributed by atoms with Gasteiger partial charge >= 0.3 is 0 Å². The molecule has 3 N–H and O–H groups in total. The molecule has 0 spiro atoms. The summed E-state index contributed by atoms with van der Waals surface area (Å²) in [5.41, 5.74) is 7.07. The standard InChI is InChI=1S/C16H24FN3O/c1-2-21-11-3-10-19-15(18)20-12-16(8-9-16)13-4-6-14(17)7-5-13/h4-7H,2-3,8-12H2,1H3,(H3,18,19,20). The van der Waals surface area contributed by atoms with Gasteiger partial charge in [-0.25, -0.2) is 4.39 Å². The summed E-state index contributed by atoms with van der Waals surface area (Å²) in [6, 6.07) is 6.72. The van der Waals surface area contributed by atoms with E-state index in [4.69, 9.17) is 10.5 Å². The molecule has 0 bridgehead atoms. The lowest BCUT2D eigenvalue weighted by Crippen LogP contribution is -2.33. The first-order chi connectivity index (χ1) is 10.2. The van der Waals surface area contributed by atoms with E-state index in [1.165, 1.54) is 12.1 Å². The molecule has 1 aliphatic carbocycles. The van der Waals surface area contributed by atoms with Crippen LogP contribution in [0.15, 0.2) is 29.3 Å². The van der Waals surface area contributed by atoms with E-state index >= 15 is 0 Å². The predicted octanol–water partition coefficient (Wildman–Crippen LogP) is 2.19. The van der Waals surface area contributed by atoms with Gasteiger partial charge < -0.3 is 15.8 Å². The molecule has 2 rings (SSSR count). The van der Waals surface area contributed by atoms with Gasteiger partial charge in [0.25, 0.3) is 0 Å². The van der Waals surface area contributed by atoms with Gasteiger partial charge in [-0.2, -0.15) is 0 Å². The van der Waals surface area contributed by atoms with E-state index in [1.807, 2.05) is 19.1 Å². The minimum Gasteiger partial charge on any atom is -0.382 e. The molecule has 1 fully saturated rings. The maximum atomic E-state index is 13.0. The zero-order chi connectivity index (χ0) is 15.1. The van der Waals surface area contributed by atoms with Crippen molar-refractivity contribution in [2.45, 2.75) is 31.6 Å². The minimum absolute atomic E-state index is 0.0608. The van der Waals surface area contributed by atoms with Crippen molar-refractivity contribution in [2.24, 2.45) is 10.7 Å². The number of aliphatic imine (C=N–C) groups is 1. The molecule has 1 aromatic carbocycles. The Balaban J connectivity index is 1.78. The number of nitrogens with two attached hydrogens (primary N) is 1. The topological polar surface area (TPSA) is 59.6 Å². The van der Waals surface area contributed by atoms with Gasteiger partial charge in [-0.3, -0.25) is 4.99 Å². The van der Waals surface area contributed by atoms with Crippen molar-refractivity contribution in [1.29, 1.82) is 0 Å². The van der Waals surface area contributed by atoms with Crippen molar-refractivity contribution >= 4 is 5.96 Å². The summed E-state index contributed by atoms with van der Waals surface area (Å²) in [7, 11) is 0. The van der Waals surface area contributed by atoms with Crippen molar-refractivity contribution < 1.29 is 9.13 Å². The molecule has 0 atom stereocenters. The molecule has 4 nitrogen and oxygen atoms in total. The second-order valence-corrected chi connectivity index (χ2v) is 5.47. The monoisotopic (exact) mass is 293 g/mol. The van der Waals surface area contributed by atoms with E-state index in [0.717, 1.165) is 44.6 Å². The van der Waals surface area contributed by atoms with Crippen LogP contribution in [0.2, 0.25) is 0 Å². The van der Waals surface area contributed by atoms with Crippen molar-refractivity contribution in [3.63, 3.8) is 0 Å². The third kappa shape index (κ3) is 4.70. The molecule has 0 heterocycles. The lowest BCUT2D eigenvalue weighted by atomic mass is 9.96. The summed E-state index contributed by atoms with van der Waals surface area (Å²) in [5.74, 6) is 0.272. The van der Waals surface area contributed by atoms with Gasteiger partial charge in [-0.15, -0.1) is 0 Å². The van der Waals surface area contributed by atoms with E-state index in [0.29, 0.717) is 12.5 Å². The van der Waals surface area contributed by atoms with Gasteiger partial charge in [0, 0.05) is 25.2 Å². The highest BCUT2D eigenvalue weighted by molar-refractivity contribution is 5.77. The number of rotatable bonds is 8. The second kappa shape index (κ2) is 7.41. The molecule has 0 aliphatic heterocycles. The maximum Gasteiger partial charge on any atom is 0.188 e. The quantitative estimate of drug-likeness (QED) is 0.439. The Kier molecular flexibility index (Phi) is 5.56. The molecular formula is C16H24FN3O. The summed E-state index contributed by atoms with van der Waals surface area (Å²) in [6.45, 7) is 4.87. The van der Waals surface area contributed by atoms with E-state index in [2.05, 4.69) is 10.3 Å².